The van der Waals surface area contributed by atoms with Gasteiger partial charge in [0.1, 0.15) is 0 Å². The van der Waals surface area contributed by atoms with Crippen LogP contribution < -0.4 is 5.32 Å². The predicted molar refractivity (Wildman–Crippen MR) is 129 cm³/mol. The van der Waals surface area contributed by atoms with Gasteiger partial charge in [0.15, 0.2) is 0 Å². The van der Waals surface area contributed by atoms with Crippen LogP contribution in [-0.4, -0.2) is 29.9 Å². The van der Waals surface area contributed by atoms with Crippen molar-refractivity contribution in [1.29, 1.82) is 0 Å². The number of nitrogens with zero attached hydrogens (tertiary/aromatic N) is 1. The Morgan fingerprint density at radius 3 is 2.12 bits per heavy atom. The van der Waals surface area contributed by atoms with Gasteiger partial charge in [0, 0.05) is 25.7 Å². The van der Waals surface area contributed by atoms with E-state index < -0.39 is 0 Å². The van der Waals surface area contributed by atoms with Crippen LogP contribution in [0.4, 0.5) is 0 Å². The van der Waals surface area contributed by atoms with E-state index >= 15 is 0 Å². The molecule has 1 amide bonds. The van der Waals surface area contributed by atoms with Crippen molar-refractivity contribution in [2.45, 2.75) is 37.8 Å². The van der Waals surface area contributed by atoms with E-state index in [1.165, 1.54) is 17.5 Å². The quantitative estimate of drug-likeness (QED) is 0.576. The fourth-order valence-corrected chi connectivity index (χ4v) is 5.69. The number of fused-ring (bicyclic) bond motifs is 1. The fourth-order valence-electron chi connectivity index (χ4n) is 5.69. The van der Waals surface area contributed by atoms with Crippen LogP contribution in [0.3, 0.4) is 0 Å². The van der Waals surface area contributed by atoms with Crippen molar-refractivity contribution in [2.75, 3.05) is 13.1 Å². The molecular weight excluding hydrogens is 392 g/mol. The second kappa shape index (κ2) is 9.70. The summed E-state index contributed by atoms with van der Waals surface area (Å²) in [6.07, 6.45) is 3.06. The van der Waals surface area contributed by atoms with Gasteiger partial charge in [0.25, 0.3) is 0 Å². The molecule has 1 unspecified atom stereocenters. The van der Waals surface area contributed by atoms with Crippen molar-refractivity contribution < 1.29 is 4.79 Å². The molecule has 0 radical (unpaired) electrons. The van der Waals surface area contributed by atoms with Crippen LogP contribution in [-0.2, 0) is 17.8 Å². The van der Waals surface area contributed by atoms with Gasteiger partial charge in [-0.25, -0.2) is 0 Å². The first kappa shape index (κ1) is 21.0. The van der Waals surface area contributed by atoms with E-state index in [1.807, 2.05) is 24.3 Å². The highest BCUT2D eigenvalue weighted by Gasteiger charge is 2.43. The maximum atomic E-state index is 13.5. The first-order valence-electron chi connectivity index (χ1n) is 11.9. The van der Waals surface area contributed by atoms with Crippen LogP contribution in [0.15, 0.2) is 91.0 Å². The summed E-state index contributed by atoms with van der Waals surface area (Å²) in [4.78, 5) is 16.1. The Morgan fingerprint density at radius 1 is 0.812 bits per heavy atom. The Morgan fingerprint density at radius 2 is 1.44 bits per heavy atom. The van der Waals surface area contributed by atoms with Crippen LogP contribution in [0.25, 0.3) is 0 Å². The van der Waals surface area contributed by atoms with Gasteiger partial charge in [0.05, 0.1) is 5.92 Å². The third-order valence-corrected chi connectivity index (χ3v) is 7.31. The molecule has 1 saturated heterocycles. The molecule has 3 aromatic carbocycles. The molecule has 3 aromatic rings. The van der Waals surface area contributed by atoms with E-state index in [-0.39, 0.29) is 17.9 Å². The Bertz CT molecular complexity index is 1010. The zero-order valence-corrected chi connectivity index (χ0v) is 18.6. The highest BCUT2D eigenvalue weighted by atomic mass is 16.2. The van der Waals surface area contributed by atoms with Crippen molar-refractivity contribution in [1.82, 2.24) is 10.2 Å². The monoisotopic (exact) mass is 424 g/mol. The average Bonchev–Trinajstić information content (AvgIpc) is 3.40. The molecule has 2 aliphatic rings. The molecule has 164 valence electrons. The Kier molecular flexibility index (Phi) is 6.36. The molecule has 32 heavy (non-hydrogen) atoms. The summed E-state index contributed by atoms with van der Waals surface area (Å²) in [6.45, 7) is 3.24. The van der Waals surface area contributed by atoms with Crippen molar-refractivity contribution >= 4 is 5.91 Å². The lowest BCUT2D eigenvalue weighted by atomic mass is 9.90. The molecule has 1 N–H and O–H groups in total. The largest absolute Gasteiger partial charge is 0.352 e. The molecule has 4 atom stereocenters. The molecular formula is C29H32N2O. The van der Waals surface area contributed by atoms with Gasteiger partial charge in [-0.3, -0.25) is 9.69 Å². The number of likely N-dealkylation sites (tertiary alicyclic amines) is 1. The van der Waals surface area contributed by atoms with Crippen molar-refractivity contribution in [3.8, 4) is 0 Å². The molecule has 1 aliphatic carbocycles. The normalized spacial score (nSPS) is 23.6. The Balaban J connectivity index is 1.26. The summed E-state index contributed by atoms with van der Waals surface area (Å²) in [6, 6.07) is 31.6. The molecule has 0 bridgehead atoms. The minimum Gasteiger partial charge on any atom is -0.352 e. The van der Waals surface area contributed by atoms with E-state index in [0.29, 0.717) is 11.8 Å². The maximum Gasteiger partial charge on any atom is 0.228 e. The first-order chi connectivity index (χ1) is 15.8. The smallest absolute Gasteiger partial charge is 0.228 e. The summed E-state index contributed by atoms with van der Waals surface area (Å²) in [5.74, 6) is 1.29. The zero-order valence-electron chi connectivity index (χ0n) is 18.6. The summed E-state index contributed by atoms with van der Waals surface area (Å²) in [5, 5.41) is 3.49. The Hall–Kier alpha value is -2.91. The minimum absolute atomic E-state index is 0.153. The number of rotatable bonds is 7. The molecule has 1 heterocycles. The molecule has 2 fully saturated rings. The molecule has 0 spiro atoms. The second-order valence-corrected chi connectivity index (χ2v) is 9.45. The molecule has 1 aliphatic heterocycles. The summed E-state index contributed by atoms with van der Waals surface area (Å²) in [7, 11) is 0. The number of benzene rings is 3. The van der Waals surface area contributed by atoms with Crippen molar-refractivity contribution in [2.24, 2.45) is 11.8 Å². The average molecular weight is 425 g/mol. The number of carbonyl (C=O) groups is 1. The summed E-state index contributed by atoms with van der Waals surface area (Å²) in [5.41, 5.74) is 3.68. The van der Waals surface area contributed by atoms with Gasteiger partial charge < -0.3 is 5.32 Å². The van der Waals surface area contributed by atoms with Crippen LogP contribution >= 0.6 is 0 Å². The fraction of sp³-hybridized carbons (Fsp3) is 0.345. The van der Waals surface area contributed by atoms with Crippen molar-refractivity contribution in [3.63, 3.8) is 0 Å². The van der Waals surface area contributed by atoms with E-state index in [2.05, 4.69) is 76.9 Å². The van der Waals surface area contributed by atoms with E-state index in [1.54, 1.807) is 0 Å². The zero-order chi connectivity index (χ0) is 21.8. The van der Waals surface area contributed by atoms with Gasteiger partial charge in [-0.05, 0) is 47.8 Å². The first-order valence-corrected chi connectivity index (χ1v) is 11.9. The second-order valence-electron chi connectivity index (χ2n) is 9.45. The number of hydrogen-bond donors (Lipinski definition) is 1. The van der Waals surface area contributed by atoms with Gasteiger partial charge in [0.2, 0.25) is 5.91 Å². The van der Waals surface area contributed by atoms with Crippen LogP contribution in [0.1, 0.15) is 35.4 Å². The lowest BCUT2D eigenvalue weighted by Crippen LogP contribution is -2.42. The van der Waals surface area contributed by atoms with Crippen molar-refractivity contribution in [3.05, 3.63) is 108 Å². The van der Waals surface area contributed by atoms with Gasteiger partial charge in [-0.1, -0.05) is 91.0 Å². The number of nitrogens with one attached hydrogen (secondary N) is 1. The van der Waals surface area contributed by atoms with Crippen LogP contribution in [0.2, 0.25) is 0 Å². The molecule has 0 aromatic heterocycles. The topological polar surface area (TPSA) is 32.3 Å². The molecule has 3 heteroatoms. The highest BCUT2D eigenvalue weighted by molar-refractivity contribution is 5.84. The van der Waals surface area contributed by atoms with E-state index in [9.17, 15) is 4.79 Å². The summed E-state index contributed by atoms with van der Waals surface area (Å²) >= 11 is 0. The maximum absolute atomic E-state index is 13.5. The van der Waals surface area contributed by atoms with E-state index in [0.717, 1.165) is 38.0 Å². The van der Waals surface area contributed by atoms with Crippen LogP contribution in [0.5, 0.6) is 0 Å². The Labute approximate surface area is 191 Å². The third-order valence-electron chi connectivity index (χ3n) is 7.31. The molecule has 1 saturated carbocycles. The molecule has 3 nitrogen and oxygen atoms in total. The predicted octanol–water partition coefficient (Wildman–Crippen LogP) is 5.04. The SMILES string of the molecule is O=C(N[C@@H]1CC[C@H]2CN(Cc3ccccc3)C[C@H]21)C(Cc1ccccc1)c1ccccc1. The number of amides is 1. The highest BCUT2D eigenvalue weighted by Crippen LogP contribution is 2.39. The van der Waals surface area contributed by atoms with Crippen LogP contribution in [0, 0.1) is 11.8 Å². The molecule has 5 rings (SSSR count). The van der Waals surface area contributed by atoms with E-state index in [4.69, 9.17) is 0 Å². The number of carbonyl (C=O) groups excluding carboxylic acids is 1. The standard InChI is InChI=1S/C29H32N2O/c32-29(26(24-14-8-3-9-15-24)18-22-10-4-1-5-11-22)30-28-17-16-25-20-31(21-27(25)28)19-23-12-6-2-7-13-23/h1-15,25-28H,16-21H2,(H,30,32)/t25-,26?,27+,28+/m0/s1. The van der Waals surface area contributed by atoms with Gasteiger partial charge in [-0.15, -0.1) is 0 Å². The third kappa shape index (κ3) is 4.78. The summed E-state index contributed by atoms with van der Waals surface area (Å²) < 4.78 is 0. The lowest BCUT2D eigenvalue weighted by molar-refractivity contribution is -0.123. The van der Waals surface area contributed by atoms with Gasteiger partial charge in [-0.2, -0.15) is 0 Å². The van der Waals surface area contributed by atoms with Gasteiger partial charge >= 0.3 is 0 Å². The lowest BCUT2D eigenvalue weighted by Gasteiger charge is -2.25. The number of hydrogen-bond acceptors (Lipinski definition) is 2. The minimum atomic E-state index is -0.153.